The average molecular weight is 301 g/mol. The van der Waals surface area contributed by atoms with Gasteiger partial charge in [0.1, 0.15) is 5.60 Å². The van der Waals surface area contributed by atoms with Crippen molar-refractivity contribution in [2.24, 2.45) is 0 Å². The molecular weight excluding hydrogens is 284 g/mol. The number of halogens is 1. The highest BCUT2D eigenvalue weighted by Gasteiger charge is 2.18. The molecule has 0 heterocycles. The van der Waals surface area contributed by atoms with Gasteiger partial charge in [0, 0.05) is 11.6 Å². The summed E-state index contributed by atoms with van der Waals surface area (Å²) in [4.78, 5) is 11.8. The first-order valence-corrected chi connectivity index (χ1v) is 6.13. The molecule has 0 aliphatic carbocycles. The van der Waals surface area contributed by atoms with E-state index in [1.165, 1.54) is 0 Å². The first-order chi connectivity index (χ1) is 7.83. The summed E-state index contributed by atoms with van der Waals surface area (Å²) in [6.45, 7) is 6.00. The lowest BCUT2D eigenvalue weighted by molar-refractivity contribution is 0.00693. The van der Waals surface area contributed by atoms with E-state index in [4.69, 9.17) is 9.47 Å². The number of methoxy groups -OCH3 is 1. The Morgan fingerprint density at radius 1 is 1.35 bits per heavy atom. The first kappa shape index (κ1) is 14.2. The van der Waals surface area contributed by atoms with Gasteiger partial charge in [-0.1, -0.05) is 15.9 Å². The van der Waals surface area contributed by atoms with Crippen LogP contribution in [0.5, 0.6) is 0 Å². The zero-order valence-electron chi connectivity index (χ0n) is 10.5. The van der Waals surface area contributed by atoms with Crippen LogP contribution in [0.4, 0.5) is 0 Å². The Morgan fingerprint density at radius 3 is 2.53 bits per heavy atom. The highest BCUT2D eigenvalue weighted by atomic mass is 79.9. The van der Waals surface area contributed by atoms with Gasteiger partial charge in [-0.15, -0.1) is 0 Å². The molecule has 0 atom stereocenters. The van der Waals surface area contributed by atoms with Crippen molar-refractivity contribution in [2.45, 2.75) is 33.0 Å². The average Bonchev–Trinajstić information content (AvgIpc) is 2.19. The van der Waals surface area contributed by atoms with Crippen LogP contribution in [0.2, 0.25) is 0 Å². The number of esters is 1. The van der Waals surface area contributed by atoms with Crippen LogP contribution in [0.1, 0.15) is 36.7 Å². The van der Waals surface area contributed by atoms with Gasteiger partial charge in [0.05, 0.1) is 12.2 Å². The summed E-state index contributed by atoms with van der Waals surface area (Å²) in [6, 6.07) is 5.34. The second kappa shape index (κ2) is 5.65. The van der Waals surface area contributed by atoms with Crippen molar-refractivity contribution in [2.75, 3.05) is 7.11 Å². The van der Waals surface area contributed by atoms with Crippen LogP contribution in [-0.2, 0) is 16.1 Å². The molecule has 0 N–H and O–H groups in total. The Morgan fingerprint density at radius 2 is 2.00 bits per heavy atom. The largest absolute Gasteiger partial charge is 0.456 e. The minimum atomic E-state index is -0.481. The normalized spacial score (nSPS) is 11.4. The van der Waals surface area contributed by atoms with Gasteiger partial charge in [-0.2, -0.15) is 0 Å². The molecule has 0 radical (unpaired) electrons. The third kappa shape index (κ3) is 4.48. The van der Waals surface area contributed by atoms with E-state index in [-0.39, 0.29) is 5.97 Å². The highest BCUT2D eigenvalue weighted by molar-refractivity contribution is 9.10. The van der Waals surface area contributed by atoms with Crippen LogP contribution in [-0.4, -0.2) is 18.7 Å². The molecule has 17 heavy (non-hydrogen) atoms. The molecule has 0 bridgehead atoms. The summed E-state index contributed by atoms with van der Waals surface area (Å²) in [6.07, 6.45) is 0. The second-order valence-electron chi connectivity index (χ2n) is 4.74. The fraction of sp³-hybridized carbons (Fsp3) is 0.462. The Bertz CT molecular complexity index is 408. The van der Waals surface area contributed by atoms with Crippen LogP contribution < -0.4 is 0 Å². The summed E-state index contributed by atoms with van der Waals surface area (Å²) in [7, 11) is 1.62. The minimum Gasteiger partial charge on any atom is -0.456 e. The van der Waals surface area contributed by atoms with Gasteiger partial charge in [0.15, 0.2) is 0 Å². The van der Waals surface area contributed by atoms with Gasteiger partial charge in [0.25, 0.3) is 0 Å². The second-order valence-corrected chi connectivity index (χ2v) is 5.60. The zero-order valence-corrected chi connectivity index (χ0v) is 12.1. The first-order valence-electron chi connectivity index (χ1n) is 5.34. The molecule has 94 valence electrons. The maximum absolute atomic E-state index is 11.8. The third-order valence-corrected chi connectivity index (χ3v) is 2.75. The summed E-state index contributed by atoms with van der Waals surface area (Å²) in [5, 5.41) is 0. The van der Waals surface area contributed by atoms with Crippen LogP contribution in [0, 0.1) is 0 Å². The lowest BCUT2D eigenvalue weighted by Gasteiger charge is -2.19. The molecule has 0 fully saturated rings. The van der Waals surface area contributed by atoms with Crippen molar-refractivity contribution in [1.29, 1.82) is 0 Å². The number of carbonyl (C=O) groups excluding carboxylic acids is 1. The van der Waals surface area contributed by atoms with E-state index in [2.05, 4.69) is 15.9 Å². The predicted octanol–water partition coefficient (Wildman–Crippen LogP) is 3.55. The lowest BCUT2D eigenvalue weighted by Crippen LogP contribution is -2.24. The molecule has 0 spiro atoms. The molecule has 0 aliphatic rings. The van der Waals surface area contributed by atoms with Crippen LogP contribution >= 0.6 is 15.9 Å². The summed E-state index contributed by atoms with van der Waals surface area (Å²) in [5.74, 6) is -0.317. The van der Waals surface area contributed by atoms with E-state index in [9.17, 15) is 4.79 Å². The maximum Gasteiger partial charge on any atom is 0.338 e. The Balaban J connectivity index is 2.91. The minimum absolute atomic E-state index is 0.317. The highest BCUT2D eigenvalue weighted by Crippen LogP contribution is 2.21. The molecule has 0 saturated heterocycles. The van der Waals surface area contributed by atoms with Crippen molar-refractivity contribution >= 4 is 21.9 Å². The number of ether oxygens (including phenoxy) is 2. The molecule has 0 aromatic heterocycles. The monoisotopic (exact) mass is 300 g/mol. The SMILES string of the molecule is COCc1cc(C(=O)OC(C)(C)C)ccc1Br. The Hall–Kier alpha value is -0.870. The van der Waals surface area contributed by atoms with Crippen molar-refractivity contribution in [3.05, 3.63) is 33.8 Å². The van der Waals surface area contributed by atoms with E-state index < -0.39 is 5.60 Å². The number of hydrogen-bond donors (Lipinski definition) is 0. The van der Waals surface area contributed by atoms with Gasteiger partial charge in [-0.3, -0.25) is 0 Å². The number of rotatable bonds is 3. The molecule has 1 aromatic rings. The molecule has 1 aromatic carbocycles. The smallest absolute Gasteiger partial charge is 0.338 e. The molecule has 3 nitrogen and oxygen atoms in total. The van der Waals surface area contributed by atoms with E-state index in [1.807, 2.05) is 26.8 Å². The van der Waals surface area contributed by atoms with Crippen molar-refractivity contribution in [3.63, 3.8) is 0 Å². The predicted molar refractivity (Wildman–Crippen MR) is 70.0 cm³/mol. The topological polar surface area (TPSA) is 35.5 Å². The van der Waals surface area contributed by atoms with E-state index in [1.54, 1.807) is 19.2 Å². The molecule has 0 unspecified atom stereocenters. The van der Waals surface area contributed by atoms with Crippen LogP contribution in [0.3, 0.4) is 0 Å². The number of carbonyl (C=O) groups is 1. The Labute approximate surface area is 110 Å². The molecule has 4 heteroatoms. The summed E-state index contributed by atoms with van der Waals surface area (Å²) < 4.78 is 11.3. The van der Waals surface area contributed by atoms with E-state index in [0.717, 1.165) is 10.0 Å². The fourth-order valence-corrected chi connectivity index (χ4v) is 1.67. The summed E-state index contributed by atoms with van der Waals surface area (Å²) in [5.41, 5.74) is 0.983. The molecule has 0 saturated carbocycles. The van der Waals surface area contributed by atoms with E-state index in [0.29, 0.717) is 12.2 Å². The fourth-order valence-electron chi connectivity index (χ4n) is 1.30. The third-order valence-electron chi connectivity index (χ3n) is 1.98. The number of hydrogen-bond acceptors (Lipinski definition) is 3. The van der Waals surface area contributed by atoms with E-state index >= 15 is 0 Å². The zero-order chi connectivity index (χ0) is 13.1. The molecule has 0 aliphatic heterocycles. The number of benzene rings is 1. The molecule has 0 amide bonds. The van der Waals surface area contributed by atoms with Gasteiger partial charge in [-0.25, -0.2) is 4.79 Å². The quantitative estimate of drug-likeness (QED) is 0.801. The van der Waals surface area contributed by atoms with Gasteiger partial charge < -0.3 is 9.47 Å². The van der Waals surface area contributed by atoms with Gasteiger partial charge in [0.2, 0.25) is 0 Å². The van der Waals surface area contributed by atoms with Crippen molar-refractivity contribution < 1.29 is 14.3 Å². The molecule has 1 rings (SSSR count). The standard InChI is InChI=1S/C13H17BrO3/c1-13(2,3)17-12(15)9-5-6-11(14)10(7-9)8-16-4/h5-7H,8H2,1-4H3. The summed E-state index contributed by atoms with van der Waals surface area (Å²) >= 11 is 3.41. The lowest BCUT2D eigenvalue weighted by atomic mass is 10.1. The molecular formula is C13H17BrO3. The van der Waals surface area contributed by atoms with Crippen molar-refractivity contribution in [3.8, 4) is 0 Å². The van der Waals surface area contributed by atoms with Crippen LogP contribution in [0.15, 0.2) is 22.7 Å². The Kier molecular flexibility index (Phi) is 4.71. The van der Waals surface area contributed by atoms with Crippen LogP contribution in [0.25, 0.3) is 0 Å². The van der Waals surface area contributed by atoms with Gasteiger partial charge >= 0.3 is 5.97 Å². The van der Waals surface area contributed by atoms with Crippen molar-refractivity contribution in [1.82, 2.24) is 0 Å². The van der Waals surface area contributed by atoms with Gasteiger partial charge in [-0.05, 0) is 44.5 Å². The maximum atomic E-state index is 11.8.